The number of likely N-dealkylation sites (N-methyl/N-ethyl adjacent to an activating group) is 1. The summed E-state index contributed by atoms with van der Waals surface area (Å²) in [6.07, 6.45) is 19.5. The van der Waals surface area contributed by atoms with Crippen molar-refractivity contribution >= 4 is 60.2 Å². The predicted octanol–water partition coefficient (Wildman–Crippen LogP) is 10.9. The Labute approximate surface area is 376 Å². The van der Waals surface area contributed by atoms with Crippen LogP contribution in [0.2, 0.25) is 10.0 Å². The van der Waals surface area contributed by atoms with E-state index in [-0.39, 0.29) is 38.4 Å². The number of nitrogens with zero attached hydrogens (tertiary/aromatic N) is 1. The summed E-state index contributed by atoms with van der Waals surface area (Å²) < 4.78 is 33.9. The molecule has 0 saturated carbocycles. The predicted molar refractivity (Wildman–Crippen MR) is 244 cm³/mol. The molecule has 61 heavy (non-hydrogen) atoms. The molecule has 2 aromatic rings. The lowest BCUT2D eigenvalue weighted by atomic mass is 10.0. The molecule has 15 heteroatoms. The van der Waals surface area contributed by atoms with Gasteiger partial charge in [0.1, 0.15) is 19.8 Å². The average Bonchev–Trinajstić information content (AvgIpc) is 3.19. The molecule has 2 aromatic carbocycles. The van der Waals surface area contributed by atoms with Crippen molar-refractivity contribution in [1.29, 1.82) is 0 Å². The van der Waals surface area contributed by atoms with Crippen LogP contribution in [0.15, 0.2) is 42.5 Å². The first kappa shape index (κ1) is 54.4. The Morgan fingerprint density at radius 3 is 1.85 bits per heavy atom. The summed E-state index contributed by atoms with van der Waals surface area (Å²) in [6.45, 7) is 2.16. The van der Waals surface area contributed by atoms with E-state index in [2.05, 4.69) is 17.6 Å². The molecule has 1 unspecified atom stereocenters. The molecule has 0 aliphatic heterocycles. The fourth-order valence-corrected chi connectivity index (χ4v) is 7.69. The standard InChI is InChI=1S/C46H74Cl2N3O9P/c1-5-6-7-8-9-10-11-12-13-14-15-16-17-18-20-29-44(53)57-36-40(37-59-61(55,56)58-33-32-51(2,3)4)60-45(54)30-21-19-22-31-49-43(52)35-38-25-23-26-39(34-38)50-46-41(47)27-24-28-42(46)48/h23-28,34,40,50H,5-22,29-33,35-37H2,1-4H3,(H-,49,52,55,56)/t40-/m1/s1. The molecule has 346 valence electrons. The van der Waals surface area contributed by atoms with Crippen LogP contribution in [0.25, 0.3) is 0 Å². The third-order valence-electron chi connectivity index (χ3n) is 10.0. The molecule has 2 atom stereocenters. The summed E-state index contributed by atoms with van der Waals surface area (Å²) in [5, 5.41) is 7.09. The lowest BCUT2D eigenvalue weighted by Crippen LogP contribution is -2.37. The minimum atomic E-state index is -4.69. The summed E-state index contributed by atoms with van der Waals surface area (Å²) in [5.74, 6) is -1.15. The molecule has 0 aliphatic carbocycles. The Balaban J connectivity index is 1.68. The molecule has 0 fully saturated rings. The number of benzene rings is 2. The number of unbranched alkanes of at least 4 members (excludes halogenated alkanes) is 16. The first-order valence-electron chi connectivity index (χ1n) is 22.5. The summed E-state index contributed by atoms with van der Waals surface area (Å²) in [6, 6.07) is 12.7. The number of anilines is 2. The summed E-state index contributed by atoms with van der Waals surface area (Å²) in [7, 11) is 1.02. The van der Waals surface area contributed by atoms with Crippen LogP contribution in [0.3, 0.4) is 0 Å². The topological polar surface area (TPSA) is 152 Å². The first-order chi connectivity index (χ1) is 29.2. The van der Waals surface area contributed by atoms with Gasteiger partial charge in [0.25, 0.3) is 7.82 Å². The number of amides is 1. The Kier molecular flexibility index (Phi) is 28.6. The number of phosphoric acid groups is 1. The summed E-state index contributed by atoms with van der Waals surface area (Å²) >= 11 is 12.6. The van der Waals surface area contributed by atoms with Crippen LogP contribution in [-0.4, -0.2) is 82.5 Å². The van der Waals surface area contributed by atoms with Crippen molar-refractivity contribution in [3.05, 3.63) is 58.1 Å². The second kappa shape index (κ2) is 32.0. The number of halogens is 2. The molecule has 0 spiro atoms. The van der Waals surface area contributed by atoms with Gasteiger partial charge in [0.15, 0.2) is 6.10 Å². The fraction of sp³-hybridized carbons (Fsp3) is 0.674. The van der Waals surface area contributed by atoms with Gasteiger partial charge in [-0.05, 0) is 49.1 Å². The van der Waals surface area contributed by atoms with E-state index in [0.717, 1.165) is 30.5 Å². The maximum absolute atomic E-state index is 12.8. The van der Waals surface area contributed by atoms with Crippen LogP contribution in [0, 0.1) is 0 Å². The van der Waals surface area contributed by atoms with E-state index >= 15 is 0 Å². The van der Waals surface area contributed by atoms with Crippen molar-refractivity contribution in [2.24, 2.45) is 0 Å². The Bertz CT molecular complexity index is 1570. The monoisotopic (exact) mass is 913 g/mol. The van der Waals surface area contributed by atoms with Gasteiger partial charge < -0.3 is 38.5 Å². The Morgan fingerprint density at radius 1 is 0.721 bits per heavy atom. The molecule has 0 aromatic heterocycles. The average molecular weight is 915 g/mol. The minimum absolute atomic E-state index is 0.0573. The molecule has 0 heterocycles. The molecular weight excluding hydrogens is 840 g/mol. The number of ether oxygens (including phenoxy) is 2. The molecule has 0 radical (unpaired) electrons. The van der Waals surface area contributed by atoms with Gasteiger partial charge in [-0.2, -0.15) is 0 Å². The van der Waals surface area contributed by atoms with E-state index in [4.69, 9.17) is 41.7 Å². The van der Waals surface area contributed by atoms with E-state index in [1.807, 2.05) is 45.4 Å². The molecular formula is C46H74Cl2N3O9P. The van der Waals surface area contributed by atoms with Crippen molar-refractivity contribution in [3.8, 4) is 0 Å². The number of carbonyl (C=O) groups is 3. The van der Waals surface area contributed by atoms with Crippen molar-refractivity contribution in [2.75, 3.05) is 59.4 Å². The van der Waals surface area contributed by atoms with E-state index in [9.17, 15) is 23.8 Å². The van der Waals surface area contributed by atoms with Gasteiger partial charge >= 0.3 is 11.9 Å². The molecule has 0 bridgehead atoms. The van der Waals surface area contributed by atoms with Crippen molar-refractivity contribution < 1.29 is 46.8 Å². The number of para-hydroxylation sites is 1. The second-order valence-corrected chi connectivity index (χ2v) is 19.1. The highest BCUT2D eigenvalue weighted by molar-refractivity contribution is 7.45. The van der Waals surface area contributed by atoms with Crippen LogP contribution in [-0.2, 0) is 43.9 Å². The molecule has 0 aliphatic rings. The highest BCUT2D eigenvalue weighted by Crippen LogP contribution is 2.38. The quantitative estimate of drug-likeness (QED) is 0.0292. The van der Waals surface area contributed by atoms with Crippen LogP contribution in [0.1, 0.15) is 141 Å². The molecule has 2 rings (SSSR count). The number of quaternary nitrogens is 1. The first-order valence-corrected chi connectivity index (χ1v) is 24.7. The summed E-state index contributed by atoms with van der Waals surface area (Å²) in [4.78, 5) is 50.4. The van der Waals surface area contributed by atoms with Gasteiger partial charge in [0.2, 0.25) is 5.91 Å². The number of nitrogens with one attached hydrogen (secondary N) is 2. The largest absolute Gasteiger partial charge is 0.756 e. The zero-order valence-corrected chi connectivity index (χ0v) is 39.7. The third-order valence-corrected chi connectivity index (χ3v) is 11.6. The lowest BCUT2D eigenvalue weighted by molar-refractivity contribution is -0.870. The van der Waals surface area contributed by atoms with Gasteiger partial charge in [-0.25, -0.2) is 0 Å². The zero-order valence-electron chi connectivity index (χ0n) is 37.3. The van der Waals surface area contributed by atoms with Gasteiger partial charge in [-0.1, -0.05) is 145 Å². The number of carbonyl (C=O) groups excluding carboxylic acids is 3. The number of hydrogen-bond donors (Lipinski definition) is 2. The van der Waals surface area contributed by atoms with E-state index < -0.39 is 32.5 Å². The van der Waals surface area contributed by atoms with Gasteiger partial charge in [-0.3, -0.25) is 18.9 Å². The van der Waals surface area contributed by atoms with E-state index in [0.29, 0.717) is 59.0 Å². The maximum Gasteiger partial charge on any atom is 0.306 e. The number of hydrogen-bond acceptors (Lipinski definition) is 10. The molecule has 1 amide bonds. The smallest absolute Gasteiger partial charge is 0.306 e. The molecule has 2 N–H and O–H groups in total. The summed E-state index contributed by atoms with van der Waals surface area (Å²) in [5.41, 5.74) is 2.15. The van der Waals surface area contributed by atoms with E-state index in [1.54, 1.807) is 18.2 Å². The normalized spacial score (nSPS) is 13.0. The highest BCUT2D eigenvalue weighted by atomic mass is 35.5. The molecule has 12 nitrogen and oxygen atoms in total. The second-order valence-electron chi connectivity index (χ2n) is 16.8. The Hall–Kier alpha value is -2.70. The van der Waals surface area contributed by atoms with Crippen molar-refractivity contribution in [2.45, 2.75) is 148 Å². The minimum Gasteiger partial charge on any atom is -0.756 e. The van der Waals surface area contributed by atoms with Gasteiger partial charge in [-0.15, -0.1) is 0 Å². The number of phosphoric ester groups is 1. The van der Waals surface area contributed by atoms with E-state index in [1.165, 1.54) is 70.6 Å². The zero-order chi connectivity index (χ0) is 44.8. The SMILES string of the molecule is CCCCCCCCCCCCCCCCCC(=O)OC[C@H](COP(=O)([O-])OCC[N+](C)(C)C)OC(=O)CCCCCNC(=O)Cc1cccc(Nc2c(Cl)cccc2Cl)c1. The lowest BCUT2D eigenvalue weighted by Gasteiger charge is -2.28. The van der Waals surface area contributed by atoms with Gasteiger partial charge in [0, 0.05) is 25.1 Å². The van der Waals surface area contributed by atoms with Crippen LogP contribution in [0.5, 0.6) is 0 Å². The highest BCUT2D eigenvalue weighted by Gasteiger charge is 2.22. The Morgan fingerprint density at radius 2 is 1.26 bits per heavy atom. The number of rotatable bonds is 36. The molecule has 0 saturated heterocycles. The van der Waals surface area contributed by atoms with Gasteiger partial charge in [0.05, 0.1) is 49.9 Å². The fourth-order valence-electron chi connectivity index (χ4n) is 6.47. The number of esters is 2. The van der Waals surface area contributed by atoms with Crippen LogP contribution in [0.4, 0.5) is 11.4 Å². The third kappa shape index (κ3) is 28.6. The van der Waals surface area contributed by atoms with Crippen molar-refractivity contribution in [3.63, 3.8) is 0 Å². The van der Waals surface area contributed by atoms with Crippen LogP contribution >= 0.6 is 31.0 Å². The van der Waals surface area contributed by atoms with Crippen LogP contribution < -0.4 is 15.5 Å². The van der Waals surface area contributed by atoms with Crippen molar-refractivity contribution in [1.82, 2.24) is 5.32 Å². The maximum atomic E-state index is 12.8.